The Morgan fingerprint density at radius 3 is 1.30 bits per heavy atom. The number of carbonyl (C=O) groups excluding carboxylic acids is 6. The van der Waals surface area contributed by atoms with Crippen LogP contribution in [0.25, 0.3) is 11.1 Å². The summed E-state index contributed by atoms with van der Waals surface area (Å²) in [6.45, 7) is 0.175. The second-order valence-corrected chi connectivity index (χ2v) is 13.7. The number of allylic oxidation sites excluding steroid dienone is 2. The number of hydrogen-bond acceptors (Lipinski definition) is 6. The molecule has 0 saturated carbocycles. The Morgan fingerprint density at radius 1 is 0.568 bits per heavy atom. The molecule has 4 atom stereocenters. The van der Waals surface area contributed by atoms with Crippen LogP contribution >= 0.6 is 45.2 Å². The van der Waals surface area contributed by atoms with Gasteiger partial charge in [0.15, 0.2) is 23.1 Å². The van der Waals surface area contributed by atoms with Crippen LogP contribution < -0.4 is 0 Å². The average molecular weight is 810 g/mol. The second kappa shape index (κ2) is 10.5. The van der Waals surface area contributed by atoms with Gasteiger partial charge < -0.3 is 9.80 Å². The molecule has 220 valence electrons. The van der Waals surface area contributed by atoms with Crippen LogP contribution in [0.15, 0.2) is 92.1 Å². The molecule has 2 spiro atoms. The normalized spacial score (nSPS) is 30.1. The lowest BCUT2D eigenvalue weighted by atomic mass is 9.71. The number of ketones is 4. The standard InChI is InChI=1S/2C17H12INO3/c2*18-15-14(10-4-2-1-3-5-10)17-7-6-11(20)8-12(17)13(21)9-19(17)16(15)22/h2*1-7,12H,8-9H2/t2*12-,17-/m11/s1. The molecule has 6 aliphatic rings. The lowest BCUT2D eigenvalue weighted by molar-refractivity contribution is -0.128. The Morgan fingerprint density at radius 2 is 0.932 bits per heavy atom. The summed E-state index contributed by atoms with van der Waals surface area (Å²) in [6.07, 6.45) is 6.93. The number of hydrogen-bond donors (Lipinski definition) is 0. The number of Topliss-reactive ketones (excluding diaryl/α,β-unsaturated/α-hetero) is 2. The quantitative estimate of drug-likeness (QED) is 0.420. The van der Waals surface area contributed by atoms with Gasteiger partial charge >= 0.3 is 0 Å². The topological polar surface area (TPSA) is 109 Å². The lowest BCUT2D eigenvalue weighted by Gasteiger charge is -2.37. The fourth-order valence-electron chi connectivity index (χ4n) is 7.58. The zero-order valence-corrected chi connectivity index (χ0v) is 27.5. The van der Waals surface area contributed by atoms with Gasteiger partial charge in [-0.2, -0.15) is 0 Å². The molecule has 2 amide bonds. The van der Waals surface area contributed by atoms with Crippen molar-refractivity contribution in [3.63, 3.8) is 0 Å². The number of rotatable bonds is 2. The predicted octanol–water partition coefficient (Wildman–Crippen LogP) is 4.28. The van der Waals surface area contributed by atoms with Gasteiger partial charge in [0, 0.05) is 24.0 Å². The van der Waals surface area contributed by atoms with Crippen molar-refractivity contribution in [1.82, 2.24) is 9.80 Å². The summed E-state index contributed by atoms with van der Waals surface area (Å²) in [5.74, 6) is -1.30. The molecule has 2 saturated heterocycles. The monoisotopic (exact) mass is 810 g/mol. The highest BCUT2D eigenvalue weighted by atomic mass is 127. The van der Waals surface area contributed by atoms with E-state index in [-0.39, 0.29) is 60.9 Å². The van der Waals surface area contributed by atoms with E-state index in [9.17, 15) is 28.8 Å². The Labute approximate surface area is 280 Å². The Hall–Kier alpha value is -3.52. The zero-order chi connectivity index (χ0) is 31.0. The minimum atomic E-state index is -0.778. The molecule has 4 heterocycles. The van der Waals surface area contributed by atoms with Gasteiger partial charge in [-0.25, -0.2) is 0 Å². The van der Waals surface area contributed by atoms with Gasteiger partial charge in [-0.1, -0.05) is 72.8 Å². The molecule has 2 aliphatic carbocycles. The first-order valence-corrected chi connectivity index (χ1v) is 16.3. The van der Waals surface area contributed by atoms with Crippen LogP contribution in [0.2, 0.25) is 0 Å². The molecule has 8 rings (SSSR count). The van der Waals surface area contributed by atoms with Crippen LogP contribution in [-0.2, 0) is 28.8 Å². The first kappa shape index (κ1) is 29.2. The van der Waals surface area contributed by atoms with Crippen molar-refractivity contribution in [2.75, 3.05) is 13.1 Å². The van der Waals surface area contributed by atoms with Crippen LogP contribution in [0.1, 0.15) is 24.0 Å². The number of benzene rings is 2. The first-order valence-electron chi connectivity index (χ1n) is 14.2. The molecule has 2 aromatic rings. The van der Waals surface area contributed by atoms with E-state index in [2.05, 4.69) is 45.2 Å². The minimum absolute atomic E-state index is 0.0246. The molecular formula is C34H24I2N2O6. The first-order chi connectivity index (χ1) is 21.1. The van der Waals surface area contributed by atoms with Crippen molar-refractivity contribution in [2.45, 2.75) is 23.9 Å². The maximum Gasteiger partial charge on any atom is 0.261 e. The van der Waals surface area contributed by atoms with Gasteiger partial charge in [-0.05, 0) is 68.5 Å². The van der Waals surface area contributed by atoms with E-state index in [1.54, 1.807) is 22.0 Å². The summed E-state index contributed by atoms with van der Waals surface area (Å²) in [7, 11) is 0. The van der Waals surface area contributed by atoms with Crippen molar-refractivity contribution in [3.8, 4) is 0 Å². The largest absolute Gasteiger partial charge is 0.317 e. The van der Waals surface area contributed by atoms with Gasteiger partial charge in [0.05, 0.1) is 43.2 Å². The summed E-state index contributed by atoms with van der Waals surface area (Å²) in [5.41, 5.74) is 2.03. The Kier molecular flexibility index (Phi) is 6.99. The van der Waals surface area contributed by atoms with Gasteiger partial charge in [0.2, 0.25) is 0 Å². The zero-order valence-electron chi connectivity index (χ0n) is 23.2. The van der Waals surface area contributed by atoms with Crippen molar-refractivity contribution in [2.24, 2.45) is 11.8 Å². The third-order valence-corrected chi connectivity index (χ3v) is 11.5. The molecule has 0 N–H and O–H groups in total. The molecule has 44 heavy (non-hydrogen) atoms. The van der Waals surface area contributed by atoms with E-state index in [4.69, 9.17) is 0 Å². The second-order valence-electron chi connectivity index (χ2n) is 11.6. The van der Waals surface area contributed by atoms with Crippen LogP contribution in [0, 0.1) is 11.8 Å². The maximum absolute atomic E-state index is 12.6. The molecule has 10 heteroatoms. The number of amides is 2. The summed E-state index contributed by atoms with van der Waals surface area (Å²) in [6, 6.07) is 19.3. The number of carbonyl (C=O) groups is 6. The van der Waals surface area contributed by atoms with Crippen molar-refractivity contribution in [1.29, 1.82) is 0 Å². The van der Waals surface area contributed by atoms with E-state index in [1.165, 1.54) is 12.2 Å². The van der Waals surface area contributed by atoms with E-state index >= 15 is 0 Å². The van der Waals surface area contributed by atoms with E-state index in [1.807, 2.05) is 60.7 Å². The maximum atomic E-state index is 12.6. The predicted molar refractivity (Wildman–Crippen MR) is 178 cm³/mol. The van der Waals surface area contributed by atoms with E-state index in [0.29, 0.717) is 7.16 Å². The molecule has 0 bridgehead atoms. The third-order valence-electron chi connectivity index (χ3n) is 9.45. The van der Waals surface area contributed by atoms with Crippen molar-refractivity contribution in [3.05, 3.63) is 103 Å². The fourth-order valence-corrected chi connectivity index (χ4v) is 9.65. The highest BCUT2D eigenvalue weighted by Gasteiger charge is 2.63. The van der Waals surface area contributed by atoms with Gasteiger partial charge in [-0.3, -0.25) is 28.8 Å². The average Bonchev–Trinajstić information content (AvgIpc) is 3.62. The molecular weight excluding hydrogens is 786 g/mol. The van der Waals surface area contributed by atoms with Crippen molar-refractivity contribution >= 4 is 91.3 Å². The third kappa shape index (κ3) is 3.98. The highest BCUT2D eigenvalue weighted by Crippen LogP contribution is 2.56. The molecule has 2 aromatic carbocycles. The SMILES string of the molecule is O=C1C=C[C@@]23C(c4ccccc4)=C(I)C(=O)N2CC(=O)[C@H]3C1.O=C1C=C[C@@]23C(c4ccccc4)=C(I)C(=O)N2CC(=O)[C@H]3C1. The molecule has 2 fully saturated rings. The number of nitrogens with zero attached hydrogens (tertiary/aromatic N) is 2. The Balaban J connectivity index is 0.000000142. The number of halogens is 2. The Bertz CT molecular complexity index is 1690. The fraction of sp³-hybridized carbons (Fsp3) is 0.235. The molecule has 8 nitrogen and oxygen atoms in total. The molecule has 0 radical (unpaired) electrons. The summed E-state index contributed by atoms with van der Waals surface area (Å²) >= 11 is 4.13. The van der Waals surface area contributed by atoms with Gasteiger partial charge in [-0.15, -0.1) is 0 Å². The minimum Gasteiger partial charge on any atom is -0.317 e. The molecule has 0 unspecified atom stereocenters. The molecule has 4 aliphatic heterocycles. The smallest absolute Gasteiger partial charge is 0.261 e. The van der Waals surface area contributed by atoms with E-state index in [0.717, 1.165) is 22.3 Å². The van der Waals surface area contributed by atoms with Gasteiger partial charge in [0.25, 0.3) is 11.8 Å². The lowest BCUT2D eigenvalue weighted by Crippen LogP contribution is -2.47. The van der Waals surface area contributed by atoms with E-state index < -0.39 is 22.9 Å². The highest BCUT2D eigenvalue weighted by molar-refractivity contribution is 14.1. The van der Waals surface area contributed by atoms with Gasteiger partial charge in [0.1, 0.15) is 0 Å². The summed E-state index contributed by atoms with van der Waals surface area (Å²) in [5, 5.41) is 0. The van der Waals surface area contributed by atoms with Crippen LogP contribution in [0.5, 0.6) is 0 Å². The van der Waals surface area contributed by atoms with Crippen LogP contribution in [0.4, 0.5) is 0 Å². The van der Waals surface area contributed by atoms with Crippen molar-refractivity contribution < 1.29 is 28.8 Å². The van der Waals surface area contributed by atoms with Crippen LogP contribution in [-0.4, -0.2) is 68.9 Å². The van der Waals surface area contributed by atoms with Crippen LogP contribution in [0.3, 0.4) is 0 Å². The summed E-state index contributed by atoms with van der Waals surface area (Å²) < 4.78 is 1.28. The summed E-state index contributed by atoms with van der Waals surface area (Å²) in [4.78, 5) is 76.9. The molecule has 0 aromatic heterocycles.